The number of hydrogen-bond acceptors (Lipinski definition) is 7. The Morgan fingerprint density at radius 1 is 0.970 bits per heavy atom. The fourth-order valence-electron chi connectivity index (χ4n) is 2.17. The second kappa shape index (κ2) is 12.8. The molecule has 0 aliphatic heterocycles. The minimum atomic E-state index is -0.492. The number of H-pyrrole nitrogens is 1. The molecular weight excluding hydrogens is 477 g/mol. The molecule has 2 N–H and O–H groups in total. The van der Waals surface area contributed by atoms with Crippen LogP contribution in [0.1, 0.15) is 22.5 Å². The third-order valence-corrected chi connectivity index (χ3v) is 4.33. The summed E-state index contributed by atoms with van der Waals surface area (Å²) < 4.78 is 26.9. The Morgan fingerprint density at radius 3 is 2.06 bits per heavy atom. The molecule has 0 bridgehead atoms. The normalized spacial score (nSPS) is 9.55. The van der Waals surface area contributed by atoms with Gasteiger partial charge in [-0.2, -0.15) is 10.5 Å². The number of hydrogen-bond donors (Lipinski definition) is 2. The van der Waals surface area contributed by atoms with Gasteiger partial charge in [0, 0.05) is 17.3 Å². The van der Waals surface area contributed by atoms with Crippen molar-refractivity contribution in [2.24, 2.45) is 0 Å². The summed E-state index contributed by atoms with van der Waals surface area (Å²) in [5, 5.41) is 25.6. The summed E-state index contributed by atoms with van der Waals surface area (Å²) >= 11 is 11.3. The molecule has 0 spiro atoms. The van der Waals surface area contributed by atoms with Crippen molar-refractivity contribution in [3.8, 4) is 12.1 Å². The first-order valence-corrected chi connectivity index (χ1v) is 9.62. The van der Waals surface area contributed by atoms with Gasteiger partial charge in [-0.25, -0.2) is 28.7 Å². The number of halogens is 4. The first-order chi connectivity index (χ1) is 15.9. The van der Waals surface area contributed by atoms with Crippen LogP contribution in [0.15, 0.2) is 49.6 Å². The lowest BCUT2D eigenvalue weighted by Crippen LogP contribution is -1.99. The van der Waals surface area contributed by atoms with Crippen LogP contribution in [0, 0.1) is 34.3 Å². The Kier molecular flexibility index (Phi) is 9.86. The van der Waals surface area contributed by atoms with Crippen LogP contribution in [0.4, 0.5) is 8.78 Å². The van der Waals surface area contributed by atoms with Gasteiger partial charge in [-0.1, -0.05) is 23.2 Å². The third-order valence-electron chi connectivity index (χ3n) is 3.65. The average molecular weight is 491 g/mol. The minimum Gasteiger partial charge on any atom is -0.392 e. The molecule has 0 saturated carbocycles. The second-order valence-corrected chi connectivity index (χ2v) is 6.70. The van der Waals surface area contributed by atoms with Crippen LogP contribution in [-0.2, 0) is 13.2 Å². The molecule has 4 aromatic rings. The summed E-state index contributed by atoms with van der Waals surface area (Å²) in [7, 11) is 0. The summed E-state index contributed by atoms with van der Waals surface area (Å²) in [6, 6.07) is 6.25. The van der Waals surface area contributed by atoms with E-state index in [1.165, 1.54) is 24.9 Å². The highest BCUT2D eigenvalue weighted by atomic mass is 35.5. The highest BCUT2D eigenvalue weighted by molar-refractivity contribution is 6.30. The summed E-state index contributed by atoms with van der Waals surface area (Å²) in [6.07, 6.45) is 8.04. The van der Waals surface area contributed by atoms with E-state index in [9.17, 15) is 8.78 Å². The Hall–Kier alpha value is -3.90. The summed E-state index contributed by atoms with van der Waals surface area (Å²) in [5.74, 6) is -0.937. The lowest BCUT2D eigenvalue weighted by atomic mass is 10.3. The number of pyridine rings is 2. The molecule has 9 nitrogen and oxygen atoms in total. The molecule has 0 saturated heterocycles. The number of nitriles is 2. The standard InChI is InChI=1S/C10H6ClFN4.C6H5ClFNO.C4H3N3/c11-10-7(1-8(12)3-14-10)4-16-5-9(2-13)15-6-16;7-6-4(3-10)1-5(8)2-9-6;5-1-4-2-6-3-7-4/h1,3,5-6H,4H2;1-2,10H,3H2;2-3H,(H,6,7). The fourth-order valence-corrected chi connectivity index (χ4v) is 2.50. The summed E-state index contributed by atoms with van der Waals surface area (Å²) in [6.45, 7) is 0.0435. The Morgan fingerprint density at radius 2 is 1.61 bits per heavy atom. The lowest BCUT2D eigenvalue weighted by Gasteiger charge is -2.03. The van der Waals surface area contributed by atoms with Gasteiger partial charge in [0.2, 0.25) is 0 Å². The van der Waals surface area contributed by atoms with E-state index < -0.39 is 11.6 Å². The van der Waals surface area contributed by atoms with Crippen molar-refractivity contribution >= 4 is 23.2 Å². The number of aromatic amines is 1. The highest BCUT2D eigenvalue weighted by Crippen LogP contribution is 2.15. The van der Waals surface area contributed by atoms with Crippen LogP contribution < -0.4 is 0 Å². The van der Waals surface area contributed by atoms with Crippen molar-refractivity contribution in [2.45, 2.75) is 13.2 Å². The summed E-state index contributed by atoms with van der Waals surface area (Å²) in [5.41, 5.74) is 1.66. The van der Waals surface area contributed by atoms with E-state index in [1.807, 2.05) is 12.1 Å². The minimum absolute atomic E-state index is 0.143. The second-order valence-electron chi connectivity index (χ2n) is 5.99. The van der Waals surface area contributed by atoms with Crippen molar-refractivity contribution in [3.63, 3.8) is 0 Å². The van der Waals surface area contributed by atoms with Crippen molar-refractivity contribution in [3.05, 3.63) is 94.0 Å². The van der Waals surface area contributed by atoms with Crippen LogP contribution in [-0.4, -0.2) is 34.6 Å². The number of nitrogens with zero attached hydrogens (tertiary/aromatic N) is 7. The van der Waals surface area contributed by atoms with Crippen molar-refractivity contribution in [1.29, 1.82) is 10.5 Å². The zero-order chi connectivity index (χ0) is 24.2. The maximum Gasteiger partial charge on any atom is 0.158 e. The summed E-state index contributed by atoms with van der Waals surface area (Å²) in [4.78, 5) is 17.2. The zero-order valence-corrected chi connectivity index (χ0v) is 18.1. The van der Waals surface area contributed by atoms with Gasteiger partial charge in [-0.3, -0.25) is 0 Å². The van der Waals surface area contributed by atoms with Crippen molar-refractivity contribution in [2.75, 3.05) is 0 Å². The van der Waals surface area contributed by atoms with Gasteiger partial charge in [0.25, 0.3) is 0 Å². The molecule has 33 heavy (non-hydrogen) atoms. The van der Waals surface area contributed by atoms with E-state index in [0.717, 1.165) is 18.5 Å². The smallest absolute Gasteiger partial charge is 0.158 e. The number of aromatic nitrogens is 6. The quantitative estimate of drug-likeness (QED) is 0.417. The van der Waals surface area contributed by atoms with E-state index in [0.29, 0.717) is 29.1 Å². The highest BCUT2D eigenvalue weighted by Gasteiger charge is 2.05. The van der Waals surface area contributed by atoms with E-state index in [1.54, 1.807) is 10.8 Å². The Balaban J connectivity index is 0.000000193. The number of rotatable bonds is 3. The molecule has 13 heteroatoms. The van der Waals surface area contributed by atoms with Crippen LogP contribution in [0.3, 0.4) is 0 Å². The molecule has 0 amide bonds. The Bertz CT molecular complexity index is 1270. The number of aliphatic hydroxyl groups excluding tert-OH is 1. The molecule has 0 aliphatic rings. The van der Waals surface area contributed by atoms with Crippen LogP contribution in [0.25, 0.3) is 0 Å². The molecule has 0 aliphatic carbocycles. The molecule has 4 rings (SSSR count). The maximum atomic E-state index is 12.9. The third kappa shape index (κ3) is 8.27. The van der Waals surface area contributed by atoms with Crippen LogP contribution >= 0.6 is 23.2 Å². The van der Waals surface area contributed by atoms with E-state index in [2.05, 4.69) is 24.9 Å². The van der Waals surface area contributed by atoms with E-state index in [4.69, 9.17) is 38.8 Å². The average Bonchev–Trinajstić information content (AvgIpc) is 3.51. The van der Waals surface area contributed by atoms with E-state index in [-0.39, 0.29) is 16.9 Å². The predicted octanol–water partition coefficient (Wildman–Crippen LogP) is 3.64. The molecule has 4 heterocycles. The molecule has 0 atom stereocenters. The molecule has 0 fully saturated rings. The van der Waals surface area contributed by atoms with Gasteiger partial charge in [0.1, 0.15) is 39.8 Å². The molecular formula is C20H14Cl2F2N8O. The van der Waals surface area contributed by atoms with E-state index >= 15 is 0 Å². The fraction of sp³-hybridized carbons (Fsp3) is 0.100. The van der Waals surface area contributed by atoms with Gasteiger partial charge in [-0.15, -0.1) is 0 Å². The van der Waals surface area contributed by atoms with Gasteiger partial charge in [-0.05, 0) is 12.1 Å². The molecule has 0 radical (unpaired) electrons. The number of imidazole rings is 2. The largest absolute Gasteiger partial charge is 0.392 e. The van der Waals surface area contributed by atoms with Crippen molar-refractivity contribution in [1.82, 2.24) is 29.5 Å². The molecule has 0 aromatic carbocycles. The Labute approximate surface area is 196 Å². The topological polar surface area (TPSA) is 140 Å². The molecule has 0 unspecified atom stereocenters. The molecule has 168 valence electrons. The maximum absolute atomic E-state index is 12.9. The number of nitrogens with one attached hydrogen (secondary N) is 1. The molecule has 4 aromatic heterocycles. The first-order valence-electron chi connectivity index (χ1n) is 8.87. The van der Waals surface area contributed by atoms with Gasteiger partial charge in [0.05, 0.1) is 44.4 Å². The monoisotopic (exact) mass is 490 g/mol. The van der Waals surface area contributed by atoms with Gasteiger partial charge >= 0.3 is 0 Å². The SMILES string of the molecule is N#Cc1cn(Cc2cc(F)cnc2Cl)cn1.N#Cc1cnc[nH]1.OCc1cc(F)cnc1Cl. The van der Waals surface area contributed by atoms with Crippen LogP contribution in [0.5, 0.6) is 0 Å². The van der Waals surface area contributed by atoms with Gasteiger partial charge in [0.15, 0.2) is 5.69 Å². The van der Waals surface area contributed by atoms with Crippen molar-refractivity contribution < 1.29 is 13.9 Å². The zero-order valence-electron chi connectivity index (χ0n) is 16.6. The van der Waals surface area contributed by atoms with Gasteiger partial charge < -0.3 is 14.7 Å². The lowest BCUT2D eigenvalue weighted by molar-refractivity contribution is 0.281. The first kappa shape index (κ1) is 25.4. The predicted molar refractivity (Wildman–Crippen MR) is 114 cm³/mol. The van der Waals surface area contributed by atoms with Crippen LogP contribution in [0.2, 0.25) is 10.3 Å². The number of aliphatic hydroxyl groups is 1.